The van der Waals surface area contributed by atoms with Crippen LogP contribution in [0, 0.1) is 0 Å². The van der Waals surface area contributed by atoms with E-state index in [1.54, 1.807) is 7.11 Å². The van der Waals surface area contributed by atoms with Crippen LogP contribution >= 0.6 is 0 Å². The lowest BCUT2D eigenvalue weighted by Crippen LogP contribution is -2.20. The van der Waals surface area contributed by atoms with Crippen LogP contribution in [0.3, 0.4) is 0 Å². The lowest BCUT2D eigenvalue weighted by Gasteiger charge is -2.19. The Kier molecular flexibility index (Phi) is 4.58. The van der Waals surface area contributed by atoms with Crippen LogP contribution in [0.2, 0.25) is 0 Å². The SMILES string of the molecule is COc1ccc([C@@H](N)CO)cc1CN1CCCC1. The first-order valence-electron chi connectivity index (χ1n) is 6.50. The summed E-state index contributed by atoms with van der Waals surface area (Å²) in [5, 5.41) is 9.12. The summed E-state index contributed by atoms with van der Waals surface area (Å²) in [7, 11) is 1.69. The number of benzene rings is 1. The van der Waals surface area contributed by atoms with Crippen molar-refractivity contribution >= 4 is 0 Å². The summed E-state index contributed by atoms with van der Waals surface area (Å²) < 4.78 is 5.39. The van der Waals surface area contributed by atoms with Gasteiger partial charge in [0.25, 0.3) is 0 Å². The third kappa shape index (κ3) is 3.02. The molecule has 18 heavy (non-hydrogen) atoms. The van der Waals surface area contributed by atoms with Crippen LogP contribution in [-0.2, 0) is 6.54 Å². The van der Waals surface area contributed by atoms with Crippen molar-refractivity contribution in [3.8, 4) is 5.75 Å². The maximum atomic E-state index is 9.12. The number of rotatable bonds is 5. The summed E-state index contributed by atoms with van der Waals surface area (Å²) in [4.78, 5) is 2.42. The van der Waals surface area contributed by atoms with Gasteiger partial charge in [0.15, 0.2) is 0 Å². The summed E-state index contributed by atoms with van der Waals surface area (Å²) in [5.41, 5.74) is 7.98. The molecule has 1 aliphatic heterocycles. The molecule has 2 rings (SSSR count). The molecular formula is C14H22N2O2. The van der Waals surface area contributed by atoms with Gasteiger partial charge in [0.2, 0.25) is 0 Å². The average Bonchev–Trinajstić information content (AvgIpc) is 2.90. The van der Waals surface area contributed by atoms with Crippen LogP contribution in [0.5, 0.6) is 5.75 Å². The van der Waals surface area contributed by atoms with Crippen molar-refractivity contribution in [2.75, 3.05) is 26.8 Å². The Morgan fingerprint density at radius 1 is 1.39 bits per heavy atom. The minimum Gasteiger partial charge on any atom is -0.496 e. The zero-order valence-corrected chi connectivity index (χ0v) is 10.9. The normalized spacial score (nSPS) is 17.9. The van der Waals surface area contributed by atoms with Gasteiger partial charge in [-0.15, -0.1) is 0 Å². The fourth-order valence-corrected chi connectivity index (χ4v) is 2.44. The maximum absolute atomic E-state index is 9.12. The van der Waals surface area contributed by atoms with Gasteiger partial charge in [0, 0.05) is 12.1 Å². The molecule has 0 aromatic heterocycles. The first-order valence-corrected chi connectivity index (χ1v) is 6.50. The topological polar surface area (TPSA) is 58.7 Å². The van der Waals surface area contributed by atoms with Crippen LogP contribution < -0.4 is 10.5 Å². The second kappa shape index (κ2) is 6.18. The van der Waals surface area contributed by atoms with E-state index in [1.165, 1.54) is 12.8 Å². The molecule has 100 valence electrons. The molecule has 1 fully saturated rings. The molecule has 4 heteroatoms. The Labute approximate surface area is 108 Å². The quantitative estimate of drug-likeness (QED) is 0.826. The monoisotopic (exact) mass is 250 g/mol. The van der Waals surface area contributed by atoms with E-state index in [1.807, 2.05) is 12.1 Å². The van der Waals surface area contributed by atoms with Gasteiger partial charge < -0.3 is 15.6 Å². The van der Waals surface area contributed by atoms with Gasteiger partial charge in [-0.3, -0.25) is 4.90 Å². The fourth-order valence-electron chi connectivity index (χ4n) is 2.44. The molecule has 1 heterocycles. The lowest BCUT2D eigenvalue weighted by molar-refractivity contribution is 0.267. The van der Waals surface area contributed by atoms with Crippen LogP contribution in [0.25, 0.3) is 0 Å². The summed E-state index contributed by atoms with van der Waals surface area (Å²) in [5.74, 6) is 0.899. The number of nitrogens with zero attached hydrogens (tertiary/aromatic N) is 1. The predicted molar refractivity (Wildman–Crippen MR) is 71.5 cm³/mol. The highest BCUT2D eigenvalue weighted by molar-refractivity contribution is 5.38. The van der Waals surface area contributed by atoms with Gasteiger partial charge in [0.1, 0.15) is 5.75 Å². The summed E-state index contributed by atoms with van der Waals surface area (Å²) >= 11 is 0. The number of methoxy groups -OCH3 is 1. The van der Waals surface area contributed by atoms with Crippen molar-refractivity contribution in [2.24, 2.45) is 5.73 Å². The second-order valence-electron chi connectivity index (χ2n) is 4.84. The number of aliphatic hydroxyl groups excluding tert-OH is 1. The van der Waals surface area contributed by atoms with Gasteiger partial charge in [-0.25, -0.2) is 0 Å². The van der Waals surface area contributed by atoms with Gasteiger partial charge in [0.05, 0.1) is 19.8 Å². The minimum absolute atomic E-state index is 0.0323. The fraction of sp³-hybridized carbons (Fsp3) is 0.571. The molecule has 3 N–H and O–H groups in total. The van der Waals surface area contributed by atoms with Crippen LogP contribution in [0.15, 0.2) is 18.2 Å². The van der Waals surface area contributed by atoms with Gasteiger partial charge in [-0.05, 0) is 43.6 Å². The standard InChI is InChI=1S/C14H22N2O2/c1-18-14-5-4-11(13(15)10-17)8-12(14)9-16-6-2-3-7-16/h4-5,8,13,17H,2-3,6-7,9-10,15H2,1H3/t13-/m0/s1. The average molecular weight is 250 g/mol. The number of ether oxygens (including phenoxy) is 1. The Morgan fingerprint density at radius 3 is 2.72 bits per heavy atom. The highest BCUT2D eigenvalue weighted by atomic mass is 16.5. The van der Waals surface area contributed by atoms with Crippen molar-refractivity contribution in [3.05, 3.63) is 29.3 Å². The largest absolute Gasteiger partial charge is 0.496 e. The Bertz CT molecular complexity index is 389. The van der Waals surface area contributed by atoms with Gasteiger partial charge >= 0.3 is 0 Å². The molecule has 1 atom stereocenters. The minimum atomic E-state index is -0.312. The Hall–Kier alpha value is -1.10. The third-order valence-electron chi connectivity index (χ3n) is 3.52. The number of hydrogen-bond donors (Lipinski definition) is 2. The van der Waals surface area contributed by atoms with E-state index >= 15 is 0 Å². The molecule has 1 aromatic carbocycles. The zero-order chi connectivity index (χ0) is 13.0. The molecule has 0 amide bonds. The molecule has 0 saturated carbocycles. The Balaban J connectivity index is 2.18. The smallest absolute Gasteiger partial charge is 0.123 e. The molecule has 0 radical (unpaired) electrons. The van der Waals surface area contributed by atoms with E-state index in [0.29, 0.717) is 0 Å². The first kappa shape index (κ1) is 13.3. The molecule has 4 nitrogen and oxygen atoms in total. The highest BCUT2D eigenvalue weighted by Gasteiger charge is 2.15. The number of aliphatic hydroxyl groups is 1. The molecule has 1 aromatic rings. The van der Waals surface area contributed by atoms with E-state index in [-0.39, 0.29) is 12.6 Å². The second-order valence-corrected chi connectivity index (χ2v) is 4.84. The van der Waals surface area contributed by atoms with Crippen molar-refractivity contribution in [3.63, 3.8) is 0 Å². The molecule has 0 aliphatic carbocycles. The zero-order valence-electron chi connectivity index (χ0n) is 10.9. The van der Waals surface area contributed by atoms with E-state index < -0.39 is 0 Å². The Morgan fingerprint density at radius 2 is 2.11 bits per heavy atom. The molecule has 1 saturated heterocycles. The lowest BCUT2D eigenvalue weighted by atomic mass is 10.0. The van der Waals surface area contributed by atoms with E-state index in [9.17, 15) is 0 Å². The third-order valence-corrected chi connectivity index (χ3v) is 3.52. The number of hydrogen-bond acceptors (Lipinski definition) is 4. The van der Waals surface area contributed by atoms with Gasteiger partial charge in [-0.2, -0.15) is 0 Å². The summed E-state index contributed by atoms with van der Waals surface area (Å²) in [6.45, 7) is 3.17. The van der Waals surface area contributed by atoms with Crippen molar-refractivity contribution < 1.29 is 9.84 Å². The van der Waals surface area contributed by atoms with Crippen molar-refractivity contribution in [1.82, 2.24) is 4.90 Å². The van der Waals surface area contributed by atoms with E-state index in [2.05, 4.69) is 11.0 Å². The molecule has 0 bridgehead atoms. The van der Waals surface area contributed by atoms with Gasteiger partial charge in [-0.1, -0.05) is 6.07 Å². The van der Waals surface area contributed by atoms with Crippen molar-refractivity contribution in [1.29, 1.82) is 0 Å². The number of nitrogens with two attached hydrogens (primary N) is 1. The van der Waals surface area contributed by atoms with Crippen molar-refractivity contribution in [2.45, 2.75) is 25.4 Å². The molecule has 0 unspecified atom stereocenters. The van der Waals surface area contributed by atoms with Crippen LogP contribution in [0.1, 0.15) is 30.0 Å². The van der Waals surface area contributed by atoms with E-state index in [4.69, 9.17) is 15.6 Å². The maximum Gasteiger partial charge on any atom is 0.123 e. The van der Waals surface area contributed by atoms with E-state index in [0.717, 1.165) is 36.5 Å². The molecule has 1 aliphatic rings. The molecular weight excluding hydrogens is 228 g/mol. The molecule has 0 spiro atoms. The van der Waals surface area contributed by atoms with Crippen LogP contribution in [0.4, 0.5) is 0 Å². The summed E-state index contributed by atoms with van der Waals surface area (Å²) in [6, 6.07) is 5.61. The highest BCUT2D eigenvalue weighted by Crippen LogP contribution is 2.25. The number of likely N-dealkylation sites (tertiary alicyclic amines) is 1. The predicted octanol–water partition coefficient (Wildman–Crippen LogP) is 1.28. The summed E-state index contributed by atoms with van der Waals surface area (Å²) in [6.07, 6.45) is 2.55. The van der Waals surface area contributed by atoms with Crippen LogP contribution in [-0.4, -0.2) is 36.8 Å². The first-order chi connectivity index (χ1) is 8.74.